The van der Waals surface area contributed by atoms with Gasteiger partial charge in [0.1, 0.15) is 12.1 Å². The number of hydrogen-bond donors (Lipinski definition) is 1. The molecule has 0 radical (unpaired) electrons. The summed E-state index contributed by atoms with van der Waals surface area (Å²) >= 11 is 0. The molecule has 2 amide bonds. The van der Waals surface area contributed by atoms with E-state index in [1.807, 2.05) is 20.8 Å². The van der Waals surface area contributed by atoms with E-state index >= 15 is 0 Å². The number of amides is 2. The van der Waals surface area contributed by atoms with Crippen molar-refractivity contribution in [2.75, 3.05) is 6.54 Å². The van der Waals surface area contributed by atoms with Crippen molar-refractivity contribution < 1.29 is 14.1 Å². The molecular weight excluding hydrogens is 272 g/mol. The predicted octanol–water partition coefficient (Wildman–Crippen LogP) is 0.764. The Morgan fingerprint density at radius 2 is 2.19 bits per heavy atom. The first-order chi connectivity index (χ1) is 10.1. The van der Waals surface area contributed by atoms with Crippen LogP contribution >= 0.6 is 0 Å². The zero-order valence-electron chi connectivity index (χ0n) is 12.7. The van der Waals surface area contributed by atoms with Crippen LogP contribution in [0.4, 0.5) is 0 Å². The van der Waals surface area contributed by atoms with Gasteiger partial charge < -0.3 is 14.7 Å². The van der Waals surface area contributed by atoms with Gasteiger partial charge in [-0.15, -0.1) is 0 Å². The molecule has 0 aliphatic carbocycles. The Balaban J connectivity index is 2.12. The lowest BCUT2D eigenvalue weighted by Gasteiger charge is -2.40. The first-order valence-electron chi connectivity index (χ1n) is 7.44. The third-order valence-electron chi connectivity index (χ3n) is 4.10. The Hall–Kier alpha value is -1.92. The molecule has 1 aromatic heterocycles. The molecule has 1 saturated heterocycles. The lowest BCUT2D eigenvalue weighted by molar-refractivity contribution is -0.151. The summed E-state index contributed by atoms with van der Waals surface area (Å²) < 4.78 is 4.95. The molecule has 0 aromatic carbocycles. The molecule has 3 atom stereocenters. The summed E-state index contributed by atoms with van der Waals surface area (Å²) in [5.74, 6) is 0.497. The Morgan fingerprint density at radius 3 is 2.76 bits per heavy atom. The third kappa shape index (κ3) is 3.22. The van der Waals surface area contributed by atoms with E-state index < -0.39 is 12.1 Å². The van der Waals surface area contributed by atoms with Gasteiger partial charge in [-0.05, 0) is 12.3 Å². The second-order valence-electron chi connectivity index (χ2n) is 5.41. The van der Waals surface area contributed by atoms with Crippen molar-refractivity contribution in [2.24, 2.45) is 5.92 Å². The lowest BCUT2D eigenvalue weighted by atomic mass is 9.93. The fourth-order valence-corrected chi connectivity index (χ4v) is 2.60. The minimum absolute atomic E-state index is 0.0182. The van der Waals surface area contributed by atoms with Crippen LogP contribution in [-0.2, 0) is 16.0 Å². The van der Waals surface area contributed by atoms with Crippen molar-refractivity contribution in [2.45, 2.75) is 52.1 Å². The molecule has 3 unspecified atom stereocenters. The number of nitrogens with one attached hydrogen (secondary N) is 1. The molecule has 1 aromatic rings. The maximum absolute atomic E-state index is 12.6. The van der Waals surface area contributed by atoms with Gasteiger partial charge in [0.15, 0.2) is 6.33 Å². The van der Waals surface area contributed by atoms with Crippen LogP contribution in [0.2, 0.25) is 0 Å². The van der Waals surface area contributed by atoms with Crippen LogP contribution < -0.4 is 5.32 Å². The van der Waals surface area contributed by atoms with Crippen molar-refractivity contribution in [1.82, 2.24) is 20.4 Å². The molecule has 7 nitrogen and oxygen atoms in total. The number of carbonyl (C=O) groups excluding carboxylic acids is 2. The number of carbonyl (C=O) groups is 2. The Morgan fingerprint density at radius 1 is 1.43 bits per heavy atom. The monoisotopic (exact) mass is 294 g/mol. The first-order valence-corrected chi connectivity index (χ1v) is 7.44. The van der Waals surface area contributed by atoms with Gasteiger partial charge in [-0.3, -0.25) is 9.59 Å². The minimum atomic E-state index is -0.437. The van der Waals surface area contributed by atoms with Crippen molar-refractivity contribution in [3.05, 3.63) is 12.2 Å². The third-order valence-corrected chi connectivity index (χ3v) is 4.10. The molecule has 1 N–H and O–H groups in total. The molecule has 7 heteroatoms. The molecule has 2 rings (SSSR count). The zero-order chi connectivity index (χ0) is 15.4. The fourth-order valence-electron chi connectivity index (χ4n) is 2.60. The predicted molar refractivity (Wildman–Crippen MR) is 75.2 cm³/mol. The van der Waals surface area contributed by atoms with Crippen LogP contribution in [0.15, 0.2) is 10.9 Å². The van der Waals surface area contributed by atoms with Crippen LogP contribution in [0, 0.1) is 5.92 Å². The number of aromatic nitrogens is 2. The van der Waals surface area contributed by atoms with Gasteiger partial charge in [-0.2, -0.15) is 4.98 Å². The molecule has 116 valence electrons. The van der Waals surface area contributed by atoms with Gasteiger partial charge in [0, 0.05) is 13.0 Å². The summed E-state index contributed by atoms with van der Waals surface area (Å²) in [6.07, 6.45) is 3.22. The number of piperazine rings is 1. The largest absolute Gasteiger partial charge is 0.342 e. The molecule has 1 fully saturated rings. The number of nitrogens with zero attached hydrogens (tertiary/aromatic N) is 3. The summed E-state index contributed by atoms with van der Waals surface area (Å²) in [4.78, 5) is 30.5. The highest BCUT2D eigenvalue weighted by Gasteiger charge is 2.41. The van der Waals surface area contributed by atoms with Crippen LogP contribution in [0.3, 0.4) is 0 Å². The quantitative estimate of drug-likeness (QED) is 0.837. The molecular formula is C14H22N4O3. The van der Waals surface area contributed by atoms with Crippen molar-refractivity contribution >= 4 is 11.8 Å². The Labute approximate surface area is 124 Å². The number of hydrogen-bond acceptors (Lipinski definition) is 5. The number of rotatable bonds is 6. The summed E-state index contributed by atoms with van der Waals surface area (Å²) in [6, 6.07) is -0.853. The van der Waals surface area contributed by atoms with Crippen LogP contribution in [0.25, 0.3) is 0 Å². The van der Waals surface area contributed by atoms with E-state index in [0.717, 1.165) is 6.42 Å². The molecule has 2 heterocycles. The van der Waals surface area contributed by atoms with Crippen LogP contribution in [0.5, 0.6) is 0 Å². The highest BCUT2D eigenvalue weighted by atomic mass is 16.5. The molecule has 0 saturated carbocycles. The van der Waals surface area contributed by atoms with Gasteiger partial charge in [-0.25, -0.2) is 0 Å². The Bertz CT molecular complexity index is 488. The van der Waals surface area contributed by atoms with Gasteiger partial charge in [0.2, 0.25) is 17.7 Å². The molecule has 0 bridgehead atoms. The van der Waals surface area contributed by atoms with Gasteiger partial charge >= 0.3 is 0 Å². The minimum Gasteiger partial charge on any atom is -0.342 e. The maximum Gasteiger partial charge on any atom is 0.246 e. The second kappa shape index (κ2) is 6.69. The van der Waals surface area contributed by atoms with Gasteiger partial charge in [0.05, 0.1) is 0 Å². The van der Waals surface area contributed by atoms with Gasteiger partial charge in [0.25, 0.3) is 0 Å². The first kappa shape index (κ1) is 15.5. The lowest BCUT2D eigenvalue weighted by Crippen LogP contribution is -2.65. The highest BCUT2D eigenvalue weighted by molar-refractivity contribution is 5.97. The smallest absolute Gasteiger partial charge is 0.246 e. The zero-order valence-corrected chi connectivity index (χ0v) is 12.7. The van der Waals surface area contributed by atoms with Crippen molar-refractivity contribution in [3.8, 4) is 0 Å². The van der Waals surface area contributed by atoms with E-state index in [4.69, 9.17) is 4.52 Å². The summed E-state index contributed by atoms with van der Waals surface area (Å²) in [5.41, 5.74) is 0. The summed E-state index contributed by atoms with van der Waals surface area (Å²) in [6.45, 7) is 6.31. The average molecular weight is 294 g/mol. The molecule has 1 aliphatic heterocycles. The van der Waals surface area contributed by atoms with E-state index in [1.165, 1.54) is 6.33 Å². The van der Waals surface area contributed by atoms with E-state index in [2.05, 4.69) is 15.5 Å². The van der Waals surface area contributed by atoms with E-state index in [1.54, 1.807) is 4.90 Å². The van der Waals surface area contributed by atoms with Gasteiger partial charge in [-0.1, -0.05) is 32.3 Å². The molecule has 21 heavy (non-hydrogen) atoms. The topological polar surface area (TPSA) is 88.3 Å². The standard InChI is InChI=1S/C14H22N4O3/c1-4-9(3)12-14(20)18(10(5-2)13(19)17-12)7-6-11-15-8-16-21-11/h8-10,12H,4-7H2,1-3H3,(H,17,19). The molecule has 0 spiro atoms. The average Bonchev–Trinajstić information content (AvgIpc) is 3.00. The SMILES string of the molecule is CCC(C)C1NC(=O)C(CC)N(CCc2ncno2)C1=O. The normalized spacial score (nSPS) is 24.0. The van der Waals surface area contributed by atoms with E-state index in [-0.39, 0.29) is 17.7 Å². The van der Waals surface area contributed by atoms with Crippen LogP contribution in [0.1, 0.15) is 39.5 Å². The summed E-state index contributed by atoms with van der Waals surface area (Å²) in [5, 5.41) is 6.41. The molecule has 1 aliphatic rings. The fraction of sp³-hybridized carbons (Fsp3) is 0.714. The van der Waals surface area contributed by atoms with E-state index in [9.17, 15) is 9.59 Å². The van der Waals surface area contributed by atoms with E-state index in [0.29, 0.717) is 25.3 Å². The van der Waals surface area contributed by atoms with Crippen molar-refractivity contribution in [3.63, 3.8) is 0 Å². The van der Waals surface area contributed by atoms with Crippen LogP contribution in [-0.4, -0.2) is 45.5 Å². The second-order valence-corrected chi connectivity index (χ2v) is 5.41. The Kier molecular flexibility index (Phi) is 4.93. The summed E-state index contributed by atoms with van der Waals surface area (Å²) in [7, 11) is 0. The maximum atomic E-state index is 12.6. The highest BCUT2D eigenvalue weighted by Crippen LogP contribution is 2.19. The van der Waals surface area contributed by atoms with Crippen molar-refractivity contribution in [1.29, 1.82) is 0 Å².